The van der Waals surface area contributed by atoms with Crippen LogP contribution in [0.1, 0.15) is 11.1 Å². The number of nitrogens with two attached hydrogens (primary N) is 1. The van der Waals surface area contributed by atoms with E-state index in [0.717, 1.165) is 17.7 Å². The van der Waals surface area contributed by atoms with E-state index in [9.17, 15) is 13.2 Å². The molecule has 2 aromatic rings. The van der Waals surface area contributed by atoms with Crippen molar-refractivity contribution >= 4 is 28.8 Å². The molecule has 0 bridgehead atoms. The van der Waals surface area contributed by atoms with Gasteiger partial charge in [0.25, 0.3) is 0 Å². The molecule has 0 aliphatic heterocycles. The normalized spacial score (nSPS) is 11.7. The average Bonchev–Trinajstić information content (AvgIpc) is 2.79. The first-order chi connectivity index (χ1) is 8.47. The lowest BCUT2D eigenvalue weighted by Crippen LogP contribution is -2.05. The zero-order valence-electron chi connectivity index (χ0n) is 9.20. The largest absolute Gasteiger partial charge is 0.416 e. The zero-order chi connectivity index (χ0) is 13.2. The number of nitrogen functional groups attached to an aromatic ring is 1. The molecule has 1 aromatic carbocycles. The Hall–Kier alpha value is -1.14. The van der Waals surface area contributed by atoms with E-state index in [1.165, 1.54) is 17.8 Å². The van der Waals surface area contributed by atoms with Crippen LogP contribution in [0, 0.1) is 0 Å². The lowest BCUT2D eigenvalue weighted by molar-refractivity contribution is -0.137. The Morgan fingerprint density at radius 2 is 2.00 bits per heavy atom. The quantitative estimate of drug-likeness (QED) is 0.658. The molecule has 0 saturated carbocycles. The number of halogens is 3. The number of hydrogen-bond acceptors (Lipinski definition) is 3. The summed E-state index contributed by atoms with van der Waals surface area (Å²) in [6.07, 6.45) is -4.34. The molecule has 0 amide bonds. The van der Waals surface area contributed by atoms with E-state index in [-0.39, 0.29) is 5.69 Å². The van der Waals surface area contributed by atoms with Gasteiger partial charge < -0.3 is 5.73 Å². The number of thioether (sulfide) groups is 1. The fourth-order valence-corrected chi connectivity index (χ4v) is 3.06. The monoisotopic (exact) mass is 289 g/mol. The number of benzene rings is 1. The average molecular weight is 289 g/mol. The Morgan fingerprint density at radius 3 is 2.56 bits per heavy atom. The first kappa shape index (κ1) is 13.3. The summed E-state index contributed by atoms with van der Waals surface area (Å²) in [6.45, 7) is 0. The maximum absolute atomic E-state index is 12.4. The van der Waals surface area contributed by atoms with Gasteiger partial charge in [-0.05, 0) is 40.6 Å². The van der Waals surface area contributed by atoms with Crippen LogP contribution in [-0.2, 0) is 11.9 Å². The van der Waals surface area contributed by atoms with Crippen molar-refractivity contribution in [2.45, 2.75) is 16.8 Å². The molecular formula is C12H10F3NS2. The molecule has 0 saturated heterocycles. The molecule has 0 aliphatic carbocycles. The molecule has 0 fully saturated rings. The van der Waals surface area contributed by atoms with Crippen molar-refractivity contribution in [3.05, 3.63) is 46.2 Å². The van der Waals surface area contributed by atoms with Crippen molar-refractivity contribution in [3.8, 4) is 0 Å². The molecule has 2 N–H and O–H groups in total. The van der Waals surface area contributed by atoms with E-state index < -0.39 is 11.7 Å². The van der Waals surface area contributed by atoms with Crippen LogP contribution in [0.3, 0.4) is 0 Å². The summed E-state index contributed by atoms with van der Waals surface area (Å²) in [4.78, 5) is 0.675. The lowest BCUT2D eigenvalue weighted by Gasteiger charge is -2.10. The molecule has 1 nitrogen and oxygen atoms in total. The highest BCUT2D eigenvalue weighted by atomic mass is 32.2. The van der Waals surface area contributed by atoms with Crippen LogP contribution in [0.4, 0.5) is 18.9 Å². The molecule has 2 rings (SSSR count). The third kappa shape index (κ3) is 3.20. The van der Waals surface area contributed by atoms with Crippen molar-refractivity contribution in [3.63, 3.8) is 0 Å². The van der Waals surface area contributed by atoms with Gasteiger partial charge in [0.2, 0.25) is 0 Å². The number of anilines is 1. The minimum atomic E-state index is -4.34. The minimum Gasteiger partial charge on any atom is -0.398 e. The summed E-state index contributed by atoms with van der Waals surface area (Å²) < 4.78 is 37.3. The second-order valence-electron chi connectivity index (χ2n) is 3.67. The fourth-order valence-electron chi connectivity index (χ4n) is 1.39. The van der Waals surface area contributed by atoms with Gasteiger partial charge in [-0.3, -0.25) is 0 Å². The Bertz CT molecular complexity index is 521. The number of hydrogen-bond donors (Lipinski definition) is 1. The van der Waals surface area contributed by atoms with Crippen LogP contribution in [0.2, 0.25) is 0 Å². The smallest absolute Gasteiger partial charge is 0.398 e. The van der Waals surface area contributed by atoms with Gasteiger partial charge >= 0.3 is 6.18 Å². The van der Waals surface area contributed by atoms with Crippen LogP contribution in [0.5, 0.6) is 0 Å². The van der Waals surface area contributed by atoms with Gasteiger partial charge in [0.15, 0.2) is 0 Å². The Labute approximate surface area is 111 Å². The molecule has 0 atom stereocenters. The SMILES string of the molecule is Nc1cc(C(F)(F)F)ccc1SCc1ccsc1. The Balaban J connectivity index is 2.10. The molecule has 6 heteroatoms. The molecule has 96 valence electrons. The summed E-state index contributed by atoms with van der Waals surface area (Å²) >= 11 is 3.03. The first-order valence-electron chi connectivity index (χ1n) is 5.07. The van der Waals surface area contributed by atoms with E-state index in [2.05, 4.69) is 0 Å². The van der Waals surface area contributed by atoms with Crippen molar-refractivity contribution < 1.29 is 13.2 Å². The Kier molecular flexibility index (Phi) is 3.87. The second kappa shape index (κ2) is 5.24. The highest BCUT2D eigenvalue weighted by Crippen LogP contribution is 2.35. The van der Waals surface area contributed by atoms with E-state index >= 15 is 0 Å². The lowest BCUT2D eigenvalue weighted by atomic mass is 10.2. The summed E-state index contributed by atoms with van der Waals surface area (Å²) in [7, 11) is 0. The van der Waals surface area contributed by atoms with Crippen LogP contribution >= 0.6 is 23.1 Å². The summed E-state index contributed by atoms with van der Waals surface area (Å²) in [5.74, 6) is 0.707. The molecule has 0 spiro atoms. The van der Waals surface area contributed by atoms with E-state index in [1.807, 2.05) is 16.8 Å². The molecule has 1 heterocycles. The minimum absolute atomic E-state index is 0.171. The van der Waals surface area contributed by atoms with Crippen LogP contribution < -0.4 is 5.73 Å². The predicted molar refractivity (Wildman–Crippen MR) is 69.7 cm³/mol. The van der Waals surface area contributed by atoms with Crippen molar-refractivity contribution in [2.24, 2.45) is 0 Å². The topological polar surface area (TPSA) is 26.0 Å². The Morgan fingerprint density at radius 1 is 1.22 bits per heavy atom. The van der Waals surface area contributed by atoms with Gasteiger partial charge in [-0.15, -0.1) is 11.8 Å². The molecule has 18 heavy (non-hydrogen) atoms. The van der Waals surface area contributed by atoms with Gasteiger partial charge in [0.05, 0.1) is 5.56 Å². The van der Waals surface area contributed by atoms with Crippen molar-refractivity contribution in [1.29, 1.82) is 0 Å². The maximum Gasteiger partial charge on any atom is 0.416 e. The molecule has 1 aromatic heterocycles. The highest BCUT2D eigenvalue weighted by molar-refractivity contribution is 7.98. The third-order valence-electron chi connectivity index (χ3n) is 2.31. The van der Waals surface area contributed by atoms with E-state index in [0.29, 0.717) is 10.6 Å². The summed E-state index contributed by atoms with van der Waals surface area (Å²) in [5.41, 5.74) is 6.25. The van der Waals surface area contributed by atoms with Gasteiger partial charge in [0.1, 0.15) is 0 Å². The van der Waals surface area contributed by atoms with Crippen LogP contribution in [0.15, 0.2) is 39.9 Å². The first-order valence-corrected chi connectivity index (χ1v) is 7.00. The second-order valence-corrected chi connectivity index (χ2v) is 5.47. The van der Waals surface area contributed by atoms with Crippen molar-refractivity contribution in [1.82, 2.24) is 0 Å². The predicted octanol–water partition coefficient (Wildman–Crippen LogP) is 4.64. The highest BCUT2D eigenvalue weighted by Gasteiger charge is 2.30. The molecule has 0 radical (unpaired) electrons. The van der Waals surface area contributed by atoms with E-state index in [4.69, 9.17) is 5.73 Å². The molecule has 0 unspecified atom stereocenters. The molecule has 0 aliphatic rings. The van der Waals surface area contributed by atoms with E-state index in [1.54, 1.807) is 11.3 Å². The number of rotatable bonds is 3. The molecular weight excluding hydrogens is 279 g/mol. The summed E-state index contributed by atoms with van der Waals surface area (Å²) in [5, 5.41) is 3.97. The number of alkyl halides is 3. The number of thiophene rings is 1. The maximum atomic E-state index is 12.4. The van der Waals surface area contributed by atoms with Crippen LogP contribution in [-0.4, -0.2) is 0 Å². The standard InChI is InChI=1S/C12H10F3NS2/c13-12(14,15)9-1-2-11(10(16)5-9)18-7-8-3-4-17-6-8/h1-6H,7,16H2. The van der Waals surface area contributed by atoms with Crippen LogP contribution in [0.25, 0.3) is 0 Å². The zero-order valence-corrected chi connectivity index (χ0v) is 10.8. The third-order valence-corrected chi connectivity index (χ3v) is 4.20. The van der Waals surface area contributed by atoms with Gasteiger partial charge in [0, 0.05) is 16.3 Å². The fraction of sp³-hybridized carbons (Fsp3) is 0.167. The van der Waals surface area contributed by atoms with Gasteiger partial charge in [-0.2, -0.15) is 24.5 Å². The van der Waals surface area contributed by atoms with Gasteiger partial charge in [-0.1, -0.05) is 0 Å². The van der Waals surface area contributed by atoms with Gasteiger partial charge in [-0.25, -0.2) is 0 Å². The summed E-state index contributed by atoms with van der Waals surface area (Å²) in [6, 6.07) is 5.45. The van der Waals surface area contributed by atoms with Crippen molar-refractivity contribution in [2.75, 3.05) is 5.73 Å².